The molecule has 0 atom stereocenters. The number of fused-ring (bicyclic) bond motifs is 1. The van der Waals surface area contributed by atoms with E-state index in [2.05, 4.69) is 4.99 Å². The van der Waals surface area contributed by atoms with Crippen molar-refractivity contribution in [3.05, 3.63) is 81.6 Å². The summed E-state index contributed by atoms with van der Waals surface area (Å²) in [7, 11) is 0. The highest BCUT2D eigenvalue weighted by atomic mass is 35.5. The Morgan fingerprint density at radius 1 is 0.963 bits per heavy atom. The predicted octanol–water partition coefficient (Wildman–Crippen LogP) is 3.70. The van der Waals surface area contributed by atoms with Crippen LogP contribution in [-0.2, 0) is 0 Å². The molecule has 0 radical (unpaired) electrons. The van der Waals surface area contributed by atoms with E-state index in [0.29, 0.717) is 27.6 Å². The number of para-hydroxylation sites is 1. The van der Waals surface area contributed by atoms with Gasteiger partial charge in [0.25, 0.3) is 0 Å². The molecule has 0 amide bonds. The van der Waals surface area contributed by atoms with Gasteiger partial charge in [0.15, 0.2) is 0 Å². The van der Waals surface area contributed by atoms with Crippen LogP contribution >= 0.6 is 12.4 Å². The van der Waals surface area contributed by atoms with Crippen molar-refractivity contribution in [1.29, 1.82) is 0 Å². The minimum absolute atomic E-state index is 0. The molecule has 4 aromatic rings. The summed E-state index contributed by atoms with van der Waals surface area (Å²) in [6, 6.07) is 16.2. The zero-order chi connectivity index (χ0) is 17.8. The first kappa shape index (κ1) is 17.0. The van der Waals surface area contributed by atoms with E-state index in [1.54, 1.807) is 24.4 Å². The Morgan fingerprint density at radius 3 is 2.41 bits per heavy atom. The quantitative estimate of drug-likeness (QED) is 0.548. The fourth-order valence-corrected chi connectivity index (χ4v) is 3.56. The molecule has 5 rings (SSSR count). The normalized spacial score (nSPS) is 14.4. The number of benzene rings is 3. The van der Waals surface area contributed by atoms with E-state index in [-0.39, 0.29) is 18.0 Å². The van der Waals surface area contributed by atoms with Gasteiger partial charge in [0.1, 0.15) is 5.42 Å². The average molecular weight is 378 g/mol. The fraction of sp³-hybridized carbons (Fsp3) is 0. The predicted molar refractivity (Wildman–Crippen MR) is 107 cm³/mol. The standard InChI is InChI=1S/C21H11NO4.ClH/c23-20(24)15-9-3-6-12-16(10-22-18(12)15)19-13-7-1-4-11-5-2-8-14(17(11)13)21(25)26-19;/h1-10H,(H,23,24);1H/b19-16-;. The summed E-state index contributed by atoms with van der Waals surface area (Å²) in [5, 5.41) is 12.5. The third-order valence-corrected chi connectivity index (χ3v) is 4.69. The van der Waals surface area contributed by atoms with Crippen LogP contribution in [-0.4, -0.2) is 17.3 Å². The highest BCUT2D eigenvalue weighted by molar-refractivity contribution is 6.20. The molecule has 1 aliphatic rings. The lowest BCUT2D eigenvalue weighted by atomic mass is 9.99. The Kier molecular flexibility index (Phi) is 3.82. The highest BCUT2D eigenvalue weighted by Gasteiger charge is 2.22. The summed E-state index contributed by atoms with van der Waals surface area (Å²) in [5.41, 5.74) is 1.74. The van der Waals surface area contributed by atoms with Crippen molar-refractivity contribution in [3.8, 4) is 0 Å². The monoisotopic (exact) mass is 377 g/mol. The third kappa shape index (κ3) is 2.36. The summed E-state index contributed by atoms with van der Waals surface area (Å²) in [5.74, 6) is -1.04. The number of carboxylic acids is 1. The molecule has 1 aromatic heterocycles. The highest BCUT2D eigenvalue weighted by Crippen LogP contribution is 2.34. The number of halogens is 1. The van der Waals surface area contributed by atoms with Gasteiger partial charge in [0.05, 0.1) is 16.6 Å². The molecule has 27 heavy (non-hydrogen) atoms. The van der Waals surface area contributed by atoms with Gasteiger partial charge >= 0.3 is 11.6 Å². The van der Waals surface area contributed by atoms with Crippen molar-refractivity contribution < 1.29 is 14.3 Å². The maximum Gasteiger partial charge on any atom is 0.344 e. The number of rotatable bonds is 1. The molecule has 0 bridgehead atoms. The maximum atomic E-state index is 12.5. The van der Waals surface area contributed by atoms with Gasteiger partial charge < -0.3 is 9.52 Å². The molecule has 1 N–H and O–H groups in total. The van der Waals surface area contributed by atoms with Crippen molar-refractivity contribution >= 4 is 57.4 Å². The van der Waals surface area contributed by atoms with Crippen molar-refractivity contribution in [2.45, 2.75) is 0 Å². The third-order valence-electron chi connectivity index (χ3n) is 4.69. The molecular formula is C21H12ClNO4. The zero-order valence-electron chi connectivity index (χ0n) is 13.8. The van der Waals surface area contributed by atoms with E-state index >= 15 is 0 Å². The number of nitrogens with zero attached hydrogens (tertiary/aromatic N) is 1. The van der Waals surface area contributed by atoms with Crippen LogP contribution in [0.2, 0.25) is 0 Å². The fourth-order valence-electron chi connectivity index (χ4n) is 3.56. The van der Waals surface area contributed by atoms with E-state index in [9.17, 15) is 14.7 Å². The van der Waals surface area contributed by atoms with Crippen LogP contribution in [0.15, 0.2) is 68.8 Å². The van der Waals surface area contributed by atoms with Crippen molar-refractivity contribution in [3.63, 3.8) is 0 Å². The Labute approximate surface area is 158 Å². The molecule has 2 heterocycles. The van der Waals surface area contributed by atoms with Crippen molar-refractivity contribution in [1.82, 2.24) is 0 Å². The van der Waals surface area contributed by atoms with Gasteiger partial charge in [-0.05, 0) is 17.5 Å². The van der Waals surface area contributed by atoms with E-state index in [1.807, 2.05) is 30.3 Å². The number of aliphatic imine (C=N–C) groups is 1. The lowest BCUT2D eigenvalue weighted by Gasteiger charge is -2.06. The van der Waals surface area contributed by atoms with Crippen LogP contribution in [0.5, 0.6) is 0 Å². The van der Waals surface area contributed by atoms with Gasteiger partial charge in [-0.3, -0.25) is 4.99 Å². The van der Waals surface area contributed by atoms with Gasteiger partial charge in [0, 0.05) is 28.1 Å². The smallest absolute Gasteiger partial charge is 0.344 e. The Morgan fingerprint density at radius 2 is 1.67 bits per heavy atom. The zero-order valence-corrected chi connectivity index (χ0v) is 14.6. The van der Waals surface area contributed by atoms with E-state index < -0.39 is 11.6 Å². The molecule has 0 aliphatic carbocycles. The Balaban J connectivity index is 0.00000180. The first-order valence-electron chi connectivity index (χ1n) is 8.04. The summed E-state index contributed by atoms with van der Waals surface area (Å²) in [6.45, 7) is 0. The number of hydrogen-bond donors (Lipinski definition) is 1. The summed E-state index contributed by atoms with van der Waals surface area (Å²) < 4.78 is 5.65. The molecule has 0 fully saturated rings. The summed E-state index contributed by atoms with van der Waals surface area (Å²) >= 11 is 0. The minimum atomic E-state index is -1.04. The van der Waals surface area contributed by atoms with Crippen LogP contribution in [0.25, 0.3) is 27.1 Å². The molecule has 3 aromatic carbocycles. The minimum Gasteiger partial charge on any atom is -0.478 e. The first-order chi connectivity index (χ1) is 12.6. The van der Waals surface area contributed by atoms with E-state index in [4.69, 9.17) is 4.42 Å². The van der Waals surface area contributed by atoms with Crippen molar-refractivity contribution in [2.75, 3.05) is 0 Å². The maximum absolute atomic E-state index is 12.5. The molecule has 0 saturated heterocycles. The topological polar surface area (TPSA) is 79.9 Å². The van der Waals surface area contributed by atoms with Gasteiger partial charge in [0.2, 0.25) is 0 Å². The van der Waals surface area contributed by atoms with Crippen LogP contribution in [0.1, 0.15) is 15.9 Å². The van der Waals surface area contributed by atoms with Gasteiger partial charge in [-0.1, -0.05) is 42.5 Å². The molecule has 0 saturated carbocycles. The second-order valence-electron chi connectivity index (χ2n) is 6.11. The lowest BCUT2D eigenvalue weighted by molar-refractivity contribution is 0.0698. The number of carboxylic acid groups (broad SMARTS) is 1. The second-order valence-corrected chi connectivity index (χ2v) is 6.11. The average Bonchev–Trinajstić information content (AvgIpc) is 3.08. The van der Waals surface area contributed by atoms with Gasteiger partial charge in [-0.2, -0.15) is 0 Å². The molecule has 0 unspecified atom stereocenters. The van der Waals surface area contributed by atoms with Crippen LogP contribution < -0.4 is 11.0 Å². The summed E-state index contributed by atoms with van der Waals surface area (Å²) in [4.78, 5) is 28.2. The van der Waals surface area contributed by atoms with E-state index in [1.165, 1.54) is 6.07 Å². The van der Waals surface area contributed by atoms with Gasteiger partial charge in [-0.25, -0.2) is 9.59 Å². The SMILES string of the molecule is Cl.O=C(O)c1cccc2c1N=C/C2=c1/oc(=O)c2cccc3cccc1c32. The molecule has 0 spiro atoms. The Hall–Kier alpha value is -3.44. The summed E-state index contributed by atoms with van der Waals surface area (Å²) in [6.07, 6.45) is 1.56. The molecular weight excluding hydrogens is 366 g/mol. The largest absolute Gasteiger partial charge is 0.478 e. The first-order valence-corrected chi connectivity index (χ1v) is 8.04. The number of aromatic carboxylic acids is 1. The van der Waals surface area contributed by atoms with Crippen LogP contribution in [0.3, 0.4) is 0 Å². The van der Waals surface area contributed by atoms with Crippen LogP contribution in [0.4, 0.5) is 5.69 Å². The van der Waals surface area contributed by atoms with Gasteiger partial charge in [-0.15, -0.1) is 12.4 Å². The lowest BCUT2D eigenvalue weighted by Crippen LogP contribution is -2.16. The van der Waals surface area contributed by atoms with Crippen molar-refractivity contribution in [2.24, 2.45) is 4.99 Å². The molecule has 1 aliphatic heterocycles. The second kappa shape index (κ2) is 6.07. The molecule has 132 valence electrons. The molecule has 5 nitrogen and oxygen atoms in total. The van der Waals surface area contributed by atoms with Crippen LogP contribution in [0, 0.1) is 0 Å². The molecule has 6 heteroatoms. The number of hydrogen-bond acceptors (Lipinski definition) is 4. The number of carbonyl (C=O) groups is 1. The Bertz CT molecular complexity index is 1380. The van der Waals surface area contributed by atoms with E-state index in [0.717, 1.165) is 16.2 Å².